The summed E-state index contributed by atoms with van der Waals surface area (Å²) in [7, 11) is 0. The molecule has 0 atom stereocenters. The Kier molecular flexibility index (Phi) is 6.26. The van der Waals surface area contributed by atoms with Gasteiger partial charge in [0, 0.05) is 17.8 Å². The van der Waals surface area contributed by atoms with E-state index in [1.165, 1.54) is 5.56 Å². The van der Waals surface area contributed by atoms with Crippen molar-refractivity contribution in [3.05, 3.63) is 90.5 Å². The number of para-hydroxylation sites is 1. The van der Waals surface area contributed by atoms with Crippen molar-refractivity contribution in [2.24, 2.45) is 0 Å². The number of carbonyl (C=O) groups excluding carboxylic acids is 1. The summed E-state index contributed by atoms with van der Waals surface area (Å²) in [5, 5.41) is 5.95. The Balaban J connectivity index is 1.40. The SMILES string of the molecule is O=C(CNc1ccc(OCCc2ccccc2)cc1)Nc1ccccc1. The number of benzene rings is 3. The quantitative estimate of drug-likeness (QED) is 0.637. The fourth-order valence-corrected chi connectivity index (χ4v) is 2.51. The molecule has 4 nitrogen and oxygen atoms in total. The van der Waals surface area contributed by atoms with E-state index >= 15 is 0 Å². The van der Waals surface area contributed by atoms with Crippen LogP contribution in [0.25, 0.3) is 0 Å². The maximum Gasteiger partial charge on any atom is 0.243 e. The van der Waals surface area contributed by atoms with E-state index in [4.69, 9.17) is 4.74 Å². The maximum atomic E-state index is 11.9. The highest BCUT2D eigenvalue weighted by Gasteiger charge is 2.02. The van der Waals surface area contributed by atoms with Gasteiger partial charge in [-0.1, -0.05) is 48.5 Å². The minimum absolute atomic E-state index is 0.0839. The van der Waals surface area contributed by atoms with Crippen molar-refractivity contribution < 1.29 is 9.53 Å². The average molecular weight is 346 g/mol. The summed E-state index contributed by atoms with van der Waals surface area (Å²) >= 11 is 0. The predicted molar refractivity (Wildman–Crippen MR) is 106 cm³/mol. The van der Waals surface area contributed by atoms with Gasteiger partial charge in [-0.15, -0.1) is 0 Å². The van der Waals surface area contributed by atoms with Crippen LogP contribution >= 0.6 is 0 Å². The lowest BCUT2D eigenvalue weighted by molar-refractivity contribution is -0.114. The fraction of sp³-hybridized carbons (Fsp3) is 0.136. The first-order valence-electron chi connectivity index (χ1n) is 8.65. The number of carbonyl (C=O) groups is 1. The second-order valence-electron chi connectivity index (χ2n) is 5.88. The lowest BCUT2D eigenvalue weighted by Crippen LogP contribution is -2.21. The van der Waals surface area contributed by atoms with E-state index in [-0.39, 0.29) is 12.5 Å². The lowest BCUT2D eigenvalue weighted by atomic mass is 10.2. The van der Waals surface area contributed by atoms with Gasteiger partial charge in [-0.2, -0.15) is 0 Å². The number of anilines is 2. The van der Waals surface area contributed by atoms with Crippen LogP contribution in [0, 0.1) is 0 Å². The lowest BCUT2D eigenvalue weighted by Gasteiger charge is -2.09. The van der Waals surface area contributed by atoms with Crippen LogP contribution in [0.4, 0.5) is 11.4 Å². The van der Waals surface area contributed by atoms with Gasteiger partial charge < -0.3 is 15.4 Å². The van der Waals surface area contributed by atoms with Crippen LogP contribution in [0.5, 0.6) is 5.75 Å². The number of ether oxygens (including phenoxy) is 1. The summed E-state index contributed by atoms with van der Waals surface area (Å²) in [6.45, 7) is 0.847. The third-order valence-electron chi connectivity index (χ3n) is 3.87. The minimum Gasteiger partial charge on any atom is -0.493 e. The molecule has 0 aliphatic rings. The molecule has 0 radical (unpaired) electrons. The Morgan fingerprint density at radius 3 is 2.12 bits per heavy atom. The molecule has 3 aromatic rings. The third-order valence-corrected chi connectivity index (χ3v) is 3.87. The molecule has 0 aliphatic carbocycles. The van der Waals surface area contributed by atoms with E-state index in [0.717, 1.165) is 23.5 Å². The first-order chi connectivity index (χ1) is 12.8. The molecule has 0 aliphatic heterocycles. The zero-order chi connectivity index (χ0) is 18.0. The molecular formula is C22H22N2O2. The van der Waals surface area contributed by atoms with E-state index in [2.05, 4.69) is 22.8 Å². The molecule has 0 bridgehead atoms. The Morgan fingerprint density at radius 2 is 1.42 bits per heavy atom. The van der Waals surface area contributed by atoms with Gasteiger partial charge in [0.1, 0.15) is 5.75 Å². The van der Waals surface area contributed by atoms with Crippen LogP contribution in [0.15, 0.2) is 84.9 Å². The molecule has 0 saturated carbocycles. The van der Waals surface area contributed by atoms with Crippen molar-refractivity contribution in [3.8, 4) is 5.75 Å². The fourth-order valence-electron chi connectivity index (χ4n) is 2.51. The van der Waals surface area contributed by atoms with Crippen LogP contribution < -0.4 is 15.4 Å². The van der Waals surface area contributed by atoms with Crippen LogP contribution in [0.2, 0.25) is 0 Å². The van der Waals surface area contributed by atoms with Gasteiger partial charge in [0.25, 0.3) is 0 Å². The largest absolute Gasteiger partial charge is 0.493 e. The van der Waals surface area contributed by atoms with Crippen molar-refractivity contribution in [3.63, 3.8) is 0 Å². The van der Waals surface area contributed by atoms with Gasteiger partial charge >= 0.3 is 0 Å². The van der Waals surface area contributed by atoms with Gasteiger partial charge in [-0.05, 0) is 42.0 Å². The Morgan fingerprint density at radius 1 is 0.769 bits per heavy atom. The Bertz CT molecular complexity index is 803. The predicted octanol–water partition coefficient (Wildman–Crippen LogP) is 4.36. The first kappa shape index (κ1) is 17.5. The van der Waals surface area contributed by atoms with Crippen LogP contribution in [0.3, 0.4) is 0 Å². The molecule has 26 heavy (non-hydrogen) atoms. The number of nitrogens with one attached hydrogen (secondary N) is 2. The molecule has 0 heterocycles. The highest BCUT2D eigenvalue weighted by Crippen LogP contribution is 2.16. The van der Waals surface area contributed by atoms with Crippen LogP contribution in [-0.2, 0) is 11.2 Å². The van der Waals surface area contributed by atoms with E-state index in [0.29, 0.717) is 6.61 Å². The van der Waals surface area contributed by atoms with Crippen molar-refractivity contribution in [2.45, 2.75) is 6.42 Å². The van der Waals surface area contributed by atoms with Crippen molar-refractivity contribution in [1.82, 2.24) is 0 Å². The van der Waals surface area contributed by atoms with E-state index < -0.39 is 0 Å². The summed E-state index contributed by atoms with van der Waals surface area (Å²) in [5.74, 6) is 0.736. The summed E-state index contributed by atoms with van der Waals surface area (Å²) in [6.07, 6.45) is 0.875. The number of amides is 1. The van der Waals surface area contributed by atoms with Crippen molar-refractivity contribution in [1.29, 1.82) is 0 Å². The van der Waals surface area contributed by atoms with E-state index in [1.54, 1.807) is 0 Å². The van der Waals surface area contributed by atoms with E-state index in [9.17, 15) is 4.79 Å². The molecule has 3 aromatic carbocycles. The Labute approximate surface area is 153 Å². The van der Waals surface area contributed by atoms with Gasteiger partial charge in [0.05, 0.1) is 13.2 Å². The molecule has 132 valence electrons. The molecule has 0 aromatic heterocycles. The molecule has 0 spiro atoms. The number of hydrogen-bond acceptors (Lipinski definition) is 3. The molecule has 0 fully saturated rings. The third kappa shape index (κ3) is 5.67. The Hall–Kier alpha value is -3.27. The van der Waals surface area contributed by atoms with Gasteiger partial charge in [0.2, 0.25) is 5.91 Å². The molecule has 0 unspecified atom stereocenters. The highest BCUT2D eigenvalue weighted by molar-refractivity contribution is 5.93. The highest BCUT2D eigenvalue weighted by atomic mass is 16.5. The second kappa shape index (κ2) is 9.28. The zero-order valence-electron chi connectivity index (χ0n) is 14.5. The van der Waals surface area contributed by atoms with Crippen molar-refractivity contribution >= 4 is 17.3 Å². The molecule has 3 rings (SSSR count). The maximum absolute atomic E-state index is 11.9. The summed E-state index contributed by atoms with van der Waals surface area (Å²) in [6, 6.07) is 27.3. The molecule has 0 saturated heterocycles. The molecule has 4 heteroatoms. The molecular weight excluding hydrogens is 324 g/mol. The summed E-state index contributed by atoms with van der Waals surface area (Å²) in [4.78, 5) is 11.9. The minimum atomic E-state index is -0.0839. The number of hydrogen-bond donors (Lipinski definition) is 2. The monoisotopic (exact) mass is 346 g/mol. The number of rotatable bonds is 8. The zero-order valence-corrected chi connectivity index (χ0v) is 14.5. The van der Waals surface area contributed by atoms with Crippen LogP contribution in [0.1, 0.15) is 5.56 Å². The molecule has 2 N–H and O–H groups in total. The average Bonchev–Trinajstić information content (AvgIpc) is 2.69. The molecule has 1 amide bonds. The summed E-state index contributed by atoms with van der Waals surface area (Å²) < 4.78 is 5.76. The van der Waals surface area contributed by atoms with Gasteiger partial charge in [-0.25, -0.2) is 0 Å². The standard InChI is InChI=1S/C22H22N2O2/c25-22(24-20-9-5-2-6-10-20)17-23-19-11-13-21(14-12-19)26-16-15-18-7-3-1-4-8-18/h1-14,23H,15-17H2,(H,24,25). The normalized spacial score (nSPS) is 10.2. The van der Waals surface area contributed by atoms with Gasteiger partial charge in [-0.3, -0.25) is 4.79 Å². The van der Waals surface area contributed by atoms with E-state index in [1.807, 2.05) is 72.8 Å². The first-order valence-corrected chi connectivity index (χ1v) is 8.65. The smallest absolute Gasteiger partial charge is 0.243 e. The second-order valence-corrected chi connectivity index (χ2v) is 5.88. The van der Waals surface area contributed by atoms with Crippen LogP contribution in [-0.4, -0.2) is 19.1 Å². The van der Waals surface area contributed by atoms with Crippen molar-refractivity contribution in [2.75, 3.05) is 23.8 Å². The topological polar surface area (TPSA) is 50.4 Å². The summed E-state index contributed by atoms with van der Waals surface area (Å²) in [5.41, 5.74) is 2.93. The van der Waals surface area contributed by atoms with Gasteiger partial charge in [0.15, 0.2) is 0 Å².